The molecule has 0 bridgehead atoms. The number of imidazole rings is 2. The molecule has 2 saturated carbocycles. The van der Waals surface area contributed by atoms with E-state index in [1.165, 1.54) is 30.5 Å². The summed E-state index contributed by atoms with van der Waals surface area (Å²) in [7, 11) is -5.76. The Hall–Kier alpha value is -8.37. The highest BCUT2D eigenvalue weighted by molar-refractivity contribution is 7.90. The summed E-state index contributed by atoms with van der Waals surface area (Å²) in [6, 6.07) is 15.7. The van der Waals surface area contributed by atoms with E-state index < -0.39 is 73.3 Å². The second kappa shape index (κ2) is 28.7. The molecule has 0 amide bonds. The van der Waals surface area contributed by atoms with E-state index in [-0.39, 0.29) is 112 Å². The van der Waals surface area contributed by atoms with Gasteiger partial charge < -0.3 is 18.4 Å². The number of aromatic nitrogens is 10. The molecule has 28 heteroatoms. The van der Waals surface area contributed by atoms with Gasteiger partial charge in [-0.25, -0.2) is 81.0 Å². The lowest BCUT2D eigenvalue weighted by Crippen LogP contribution is -2.41. The zero-order chi connectivity index (χ0) is 73.9. The summed E-state index contributed by atoms with van der Waals surface area (Å²) in [5.74, 6) is -4.25. The van der Waals surface area contributed by atoms with Crippen molar-refractivity contribution in [2.24, 2.45) is 48.6 Å². The van der Waals surface area contributed by atoms with E-state index in [2.05, 4.69) is 57.6 Å². The zero-order valence-corrected chi connectivity index (χ0v) is 61.1. The average molecular weight is 1460 g/mol. The monoisotopic (exact) mass is 1460 g/mol. The molecule has 7 heterocycles. The maximum Gasteiger partial charge on any atom is 0.497 e. The fourth-order valence-corrected chi connectivity index (χ4v) is 17.6. The molecule has 13 rings (SSSR count). The second-order valence-electron chi connectivity index (χ2n) is 30.0. The summed E-state index contributed by atoms with van der Waals surface area (Å²) in [6.07, 6.45) is 17.9. The number of aryl methyl sites for hydroxylation is 4. The van der Waals surface area contributed by atoms with Crippen LogP contribution >= 0.6 is 11.6 Å². The minimum absolute atomic E-state index is 0.000629. The van der Waals surface area contributed by atoms with Gasteiger partial charge in [-0.2, -0.15) is 0 Å². The summed E-state index contributed by atoms with van der Waals surface area (Å²) in [6.45, 7) is 19.7. The molecule has 102 heavy (non-hydrogen) atoms. The number of carbonyl (C=O) groups excluding carboxylic acids is 2. The van der Waals surface area contributed by atoms with E-state index >= 15 is 8.78 Å². The van der Waals surface area contributed by atoms with E-state index in [1.54, 1.807) is 58.4 Å². The Morgan fingerprint density at radius 3 is 1.40 bits per heavy atom. The minimum atomic E-state index is -4.30. The first kappa shape index (κ1) is 74.8. The number of fused-ring (bicyclic) bond motifs is 2. The van der Waals surface area contributed by atoms with E-state index in [1.807, 2.05) is 55.6 Å². The van der Waals surface area contributed by atoms with E-state index in [4.69, 9.17) is 20.9 Å². The third-order valence-electron chi connectivity index (χ3n) is 19.7. The summed E-state index contributed by atoms with van der Waals surface area (Å²) in [5, 5.41) is 0.0951. The van der Waals surface area contributed by atoms with Crippen molar-refractivity contribution in [1.29, 1.82) is 0 Å². The molecular weight excluding hydrogens is 1380 g/mol. The van der Waals surface area contributed by atoms with Gasteiger partial charge in [0, 0.05) is 85.7 Å². The van der Waals surface area contributed by atoms with Crippen LogP contribution in [0.15, 0.2) is 132 Å². The van der Waals surface area contributed by atoms with Crippen LogP contribution in [0.1, 0.15) is 150 Å². The van der Waals surface area contributed by atoms with Gasteiger partial charge in [-0.3, -0.25) is 9.59 Å². The first-order chi connectivity index (χ1) is 47.7. The lowest BCUT2D eigenvalue weighted by molar-refractivity contribution is 0.00578. The molecule has 6 aromatic heterocycles. The molecule has 2 aliphatic carbocycles. The molecule has 0 spiro atoms. The number of Topliss-reactive ketones (excluding diaryl/α,β-unsaturated/α-hetero) is 2. The van der Waals surface area contributed by atoms with Crippen molar-refractivity contribution in [2.45, 2.75) is 154 Å². The molecule has 18 nitrogen and oxygen atoms in total. The quantitative estimate of drug-likeness (QED) is 0.0380. The number of rotatable bonds is 16. The highest BCUT2D eigenvalue weighted by Crippen LogP contribution is 2.47. The summed E-state index contributed by atoms with van der Waals surface area (Å²) >= 11 is 5.82. The Morgan fingerprint density at radius 1 is 0.539 bits per heavy atom. The molecule has 0 radical (unpaired) electrons. The van der Waals surface area contributed by atoms with Crippen LogP contribution in [0.3, 0.4) is 0 Å². The molecule has 0 N–H and O–H groups in total. The number of ketones is 2. The van der Waals surface area contributed by atoms with Gasteiger partial charge in [0.1, 0.15) is 28.5 Å². The largest absolute Gasteiger partial charge is 0.497 e. The van der Waals surface area contributed by atoms with Crippen molar-refractivity contribution < 1.29 is 62.1 Å². The lowest BCUT2D eigenvalue weighted by atomic mass is 9.65. The van der Waals surface area contributed by atoms with Crippen LogP contribution in [-0.4, -0.2) is 93.7 Å². The fraction of sp³-hybridized carbons (Fsp3) is 0.405. The van der Waals surface area contributed by atoms with Crippen molar-refractivity contribution in [2.75, 3.05) is 0 Å². The van der Waals surface area contributed by atoms with Crippen LogP contribution < -0.4 is 5.46 Å². The van der Waals surface area contributed by atoms with Crippen molar-refractivity contribution >= 4 is 77.6 Å². The maximum atomic E-state index is 15.3. The van der Waals surface area contributed by atoms with Gasteiger partial charge in [0.25, 0.3) is 20.0 Å². The molecule has 3 aliphatic rings. The molecule has 1 aliphatic heterocycles. The van der Waals surface area contributed by atoms with Crippen molar-refractivity contribution in [3.63, 3.8) is 0 Å². The second-order valence-corrected chi connectivity index (χ2v) is 34.0. The van der Waals surface area contributed by atoms with Gasteiger partial charge in [-0.1, -0.05) is 63.1 Å². The van der Waals surface area contributed by atoms with E-state index in [0.717, 1.165) is 81.9 Å². The molecule has 3 fully saturated rings. The Kier molecular flexibility index (Phi) is 21.0. The molecule has 4 unspecified atom stereocenters. The number of hydrogen-bond acceptors (Lipinski definition) is 14. The highest BCUT2D eigenvalue weighted by Gasteiger charge is 2.53. The molecular formula is C74H80BClF6N10O8S2. The van der Waals surface area contributed by atoms with Crippen molar-refractivity contribution in [3.8, 4) is 11.4 Å². The summed E-state index contributed by atoms with van der Waals surface area (Å²) in [4.78, 5) is 50.1. The molecule has 1 saturated heterocycles. The van der Waals surface area contributed by atoms with Gasteiger partial charge in [-0.15, -0.1) is 0 Å². The maximum absolute atomic E-state index is 15.3. The van der Waals surface area contributed by atoms with Crippen LogP contribution in [0.5, 0.6) is 0 Å². The van der Waals surface area contributed by atoms with Crippen LogP contribution in [0.4, 0.5) is 26.3 Å². The number of benzene rings is 4. The summed E-state index contributed by atoms with van der Waals surface area (Å²) < 4.78 is 159. The van der Waals surface area contributed by atoms with E-state index in [0.29, 0.717) is 54.9 Å². The molecule has 538 valence electrons. The van der Waals surface area contributed by atoms with Gasteiger partial charge in [-0.05, 0) is 175 Å². The Balaban J connectivity index is 0.000000162. The minimum Gasteiger partial charge on any atom is -0.399 e. The number of hydrogen-bond donors (Lipinski definition) is 0. The normalized spacial score (nSPS) is 19.3. The summed E-state index contributed by atoms with van der Waals surface area (Å²) in [5.41, 5.74) is 1.43. The van der Waals surface area contributed by atoms with Crippen LogP contribution in [0.2, 0.25) is 5.28 Å². The van der Waals surface area contributed by atoms with Crippen molar-refractivity contribution in [1.82, 2.24) is 47.0 Å². The SMILES string of the molecule is Cc1ccc(S(=O)(=O)n2cc(-c3ncc(F)c(CC4CC(CC(=O)c5cn(C)cn5)CC(C)(C)C4)n3)c3cc(F)cc(F)c32)cc1.Cc1ccc(S(=O)(=O)n2cc(B3OC(C)(C)C(C)(C)O3)c3cc(F)cc(F)c32)cc1.Cn1cnc(C(=O)CC2CC(Cc3nc(Cl)ncc3F)CC(C)(C)C2)c1. The topological polar surface area (TPSA) is 218 Å². The molecule has 10 aromatic rings. The smallest absolute Gasteiger partial charge is 0.399 e. The number of halogens is 7. The van der Waals surface area contributed by atoms with Gasteiger partial charge >= 0.3 is 7.12 Å². The first-order valence-corrected chi connectivity index (χ1v) is 36.7. The van der Waals surface area contributed by atoms with Gasteiger partial charge in [0.2, 0.25) is 5.28 Å². The van der Waals surface area contributed by atoms with Gasteiger partial charge in [0.15, 0.2) is 40.7 Å². The third-order valence-corrected chi connectivity index (χ3v) is 23.2. The number of nitrogens with zero attached hydrogens (tertiary/aromatic N) is 10. The predicted molar refractivity (Wildman–Crippen MR) is 376 cm³/mol. The van der Waals surface area contributed by atoms with Gasteiger partial charge in [0.05, 0.1) is 62.9 Å². The lowest BCUT2D eigenvalue weighted by Gasteiger charge is -2.40. The fourth-order valence-electron chi connectivity index (χ4n) is 14.7. The van der Waals surface area contributed by atoms with E-state index in [9.17, 15) is 44.0 Å². The highest BCUT2D eigenvalue weighted by atomic mass is 35.5. The zero-order valence-electron chi connectivity index (χ0n) is 58.7. The van der Waals surface area contributed by atoms with Crippen molar-refractivity contribution in [3.05, 3.63) is 197 Å². The third kappa shape index (κ3) is 16.3. The predicted octanol–water partition coefficient (Wildman–Crippen LogP) is 15.1. The first-order valence-electron chi connectivity index (χ1n) is 33.5. The van der Waals surface area contributed by atoms with Crippen LogP contribution in [0.25, 0.3) is 33.2 Å². The standard InChI is InChI=1S/C34H34F3N5O3S.C21H22BF2NO4S.C19H24ClFN4O/c1-20-5-7-24(8-6-20)46(44,45)42-17-26(25-12-23(35)13-27(36)32(25)42)33-38-16-28(37)29(40-33)10-21-9-22(15-34(2,3)14-21)11-31(43)30-18-41(4)19-39-30;1-13-6-8-15(9-7-13)30(26,27)25-12-17(16-10-14(23)11-18(24)19(16)25)22-28-20(2,3)21(4,5)29-22;1-19(2)7-12(5-15-14(21)9-22-18(20)24-15)4-13(8-19)6-17(26)16-10-25(3)11-23-16/h5-8,12-13,16-19,21-22H,9-11,14-15H2,1-4H3;6-12H,1-5H3;9-13H,4-8H2,1-3H3. The molecule has 4 atom stereocenters. The van der Waals surface area contributed by atoms with Crippen LogP contribution in [-0.2, 0) is 56.3 Å². The molecule has 4 aromatic carbocycles. The number of carbonyl (C=O) groups is 2. The Bertz CT molecular complexity index is 5070. The Morgan fingerprint density at radius 2 is 0.951 bits per heavy atom. The van der Waals surface area contributed by atoms with Crippen LogP contribution in [0, 0.1) is 83.3 Å². The Labute approximate surface area is 594 Å². The average Bonchev–Trinajstić information content (AvgIpc) is 1.58.